The summed E-state index contributed by atoms with van der Waals surface area (Å²) in [5, 5.41) is 0.798. The first kappa shape index (κ1) is 23.9. The second-order valence-corrected chi connectivity index (χ2v) is 9.61. The van der Waals surface area contributed by atoms with E-state index in [2.05, 4.69) is 21.9 Å². The number of hydrogen-bond donors (Lipinski definition) is 0. The predicted molar refractivity (Wildman–Crippen MR) is 133 cm³/mol. The third kappa shape index (κ3) is 6.44. The number of benzene rings is 2. The molecule has 0 N–H and O–H groups in total. The Morgan fingerprint density at radius 1 is 0.636 bits per heavy atom. The minimum Gasteiger partial charge on any atom is -0.301 e. The molecular weight excluding hydrogens is 434 g/mol. The van der Waals surface area contributed by atoms with Crippen molar-refractivity contribution in [2.45, 2.75) is 45.1 Å². The minimum absolute atomic E-state index is 0.135. The van der Waals surface area contributed by atoms with Crippen LogP contribution >= 0.6 is 11.6 Å². The molecule has 0 aliphatic carbocycles. The van der Waals surface area contributed by atoms with E-state index in [0.29, 0.717) is 17.7 Å². The average molecular weight is 468 g/mol. The molecule has 1 saturated heterocycles. The van der Waals surface area contributed by atoms with Crippen LogP contribution in [0.1, 0.15) is 64.8 Å². The van der Waals surface area contributed by atoms with Crippen LogP contribution in [0.2, 0.25) is 5.02 Å². The third-order valence-corrected chi connectivity index (χ3v) is 7.02. The summed E-state index contributed by atoms with van der Waals surface area (Å²) in [5.41, 5.74) is 2.43. The van der Waals surface area contributed by atoms with Crippen LogP contribution in [0.5, 0.6) is 0 Å². The van der Waals surface area contributed by atoms with Crippen LogP contribution < -0.4 is 0 Å². The van der Waals surface area contributed by atoms with Gasteiger partial charge in [0.05, 0.1) is 11.1 Å². The molecule has 2 aromatic rings. The Hall–Kier alpha value is -2.21. The summed E-state index contributed by atoms with van der Waals surface area (Å²) >= 11 is 5.98. The number of hydrogen-bond acceptors (Lipinski definition) is 4. The molecular formula is C27H34ClN3O2. The molecule has 0 aromatic heterocycles. The molecule has 0 atom stereocenters. The van der Waals surface area contributed by atoms with E-state index in [1.165, 1.54) is 36.3 Å². The summed E-state index contributed by atoms with van der Waals surface area (Å²) in [6.45, 7) is 7.27. The number of carbonyl (C=O) groups excluding carboxylic acids is 2. The van der Waals surface area contributed by atoms with Gasteiger partial charge in [-0.3, -0.25) is 19.4 Å². The van der Waals surface area contributed by atoms with Gasteiger partial charge in [-0.25, -0.2) is 0 Å². The third-order valence-electron chi connectivity index (χ3n) is 6.77. The number of unbranched alkanes of at least 4 members (excludes halogenated alkanes) is 5. The SMILES string of the molecule is O=C1c2ccccc2C(=O)N1CCCCCCCCN1CCN(Cc2ccc(Cl)cc2)CC1. The molecule has 2 aliphatic heterocycles. The fourth-order valence-corrected chi connectivity index (χ4v) is 4.90. The van der Waals surface area contributed by atoms with Gasteiger partial charge in [0, 0.05) is 44.3 Å². The number of rotatable bonds is 11. The standard InChI is InChI=1S/C27H34ClN3O2/c28-23-13-11-22(12-14-23)21-30-19-17-29(18-20-30)15-7-3-1-2-4-8-16-31-26(32)24-9-5-6-10-25(24)27(31)33/h5-6,9-14H,1-4,7-8,15-21H2. The van der Waals surface area contributed by atoms with Crippen molar-refractivity contribution < 1.29 is 9.59 Å². The largest absolute Gasteiger partial charge is 0.301 e. The molecule has 2 aliphatic rings. The Labute approximate surface area is 202 Å². The molecule has 176 valence electrons. The lowest BCUT2D eigenvalue weighted by atomic mass is 10.1. The number of amides is 2. The molecule has 33 heavy (non-hydrogen) atoms. The summed E-state index contributed by atoms with van der Waals surface area (Å²) in [4.78, 5) is 31.3. The van der Waals surface area contributed by atoms with E-state index in [0.717, 1.165) is 57.0 Å². The Morgan fingerprint density at radius 3 is 1.76 bits per heavy atom. The second kappa shape index (κ2) is 11.8. The lowest BCUT2D eigenvalue weighted by Crippen LogP contribution is -2.46. The van der Waals surface area contributed by atoms with Gasteiger partial charge in [-0.15, -0.1) is 0 Å². The quantitative estimate of drug-likeness (QED) is 0.341. The van der Waals surface area contributed by atoms with E-state index in [4.69, 9.17) is 11.6 Å². The first-order valence-corrected chi connectivity index (χ1v) is 12.6. The maximum atomic E-state index is 12.4. The number of fused-ring (bicyclic) bond motifs is 1. The second-order valence-electron chi connectivity index (χ2n) is 9.17. The highest BCUT2D eigenvalue weighted by Crippen LogP contribution is 2.23. The van der Waals surface area contributed by atoms with Gasteiger partial charge in [0.25, 0.3) is 11.8 Å². The van der Waals surface area contributed by atoms with Gasteiger partial charge in [-0.05, 0) is 49.2 Å². The van der Waals surface area contributed by atoms with Crippen molar-refractivity contribution >= 4 is 23.4 Å². The van der Waals surface area contributed by atoms with Crippen LogP contribution in [-0.4, -0.2) is 65.8 Å². The van der Waals surface area contributed by atoms with Gasteiger partial charge in [0.15, 0.2) is 0 Å². The Balaban J connectivity index is 1.02. The summed E-state index contributed by atoms with van der Waals surface area (Å²) in [7, 11) is 0. The highest BCUT2D eigenvalue weighted by molar-refractivity contribution is 6.30. The van der Waals surface area contributed by atoms with Crippen molar-refractivity contribution in [1.29, 1.82) is 0 Å². The Bertz CT molecular complexity index is 904. The molecule has 0 spiro atoms. The van der Waals surface area contributed by atoms with Crippen molar-refractivity contribution in [3.63, 3.8) is 0 Å². The average Bonchev–Trinajstić information content (AvgIpc) is 3.08. The summed E-state index contributed by atoms with van der Waals surface area (Å²) in [6.07, 6.45) is 6.84. The van der Waals surface area contributed by atoms with Gasteiger partial charge in [0.1, 0.15) is 0 Å². The van der Waals surface area contributed by atoms with Crippen LogP contribution in [-0.2, 0) is 6.54 Å². The molecule has 6 heteroatoms. The highest BCUT2D eigenvalue weighted by atomic mass is 35.5. The molecule has 1 fully saturated rings. The van der Waals surface area contributed by atoms with Crippen LogP contribution in [0.15, 0.2) is 48.5 Å². The first-order chi connectivity index (χ1) is 16.1. The smallest absolute Gasteiger partial charge is 0.261 e. The number of imide groups is 1. The van der Waals surface area contributed by atoms with E-state index in [1.807, 2.05) is 24.3 Å². The van der Waals surface area contributed by atoms with Gasteiger partial charge in [0.2, 0.25) is 0 Å². The number of piperazine rings is 1. The molecule has 0 bridgehead atoms. The minimum atomic E-state index is -0.135. The monoisotopic (exact) mass is 467 g/mol. The molecule has 4 rings (SSSR count). The summed E-state index contributed by atoms with van der Waals surface area (Å²) in [5.74, 6) is -0.271. The lowest BCUT2D eigenvalue weighted by molar-refractivity contribution is 0.0651. The normalized spacial score (nSPS) is 17.1. The van der Waals surface area contributed by atoms with Crippen LogP contribution in [0, 0.1) is 0 Å². The van der Waals surface area contributed by atoms with Crippen LogP contribution in [0.4, 0.5) is 0 Å². The van der Waals surface area contributed by atoms with E-state index in [1.54, 1.807) is 12.1 Å². The maximum absolute atomic E-state index is 12.4. The molecule has 2 aromatic carbocycles. The van der Waals surface area contributed by atoms with Gasteiger partial charge < -0.3 is 4.90 Å². The van der Waals surface area contributed by atoms with E-state index in [-0.39, 0.29) is 11.8 Å². The zero-order valence-electron chi connectivity index (χ0n) is 19.3. The zero-order valence-corrected chi connectivity index (χ0v) is 20.1. The Morgan fingerprint density at radius 2 is 1.15 bits per heavy atom. The van der Waals surface area contributed by atoms with Crippen molar-refractivity contribution in [2.24, 2.45) is 0 Å². The fourth-order valence-electron chi connectivity index (χ4n) is 4.77. The van der Waals surface area contributed by atoms with Crippen molar-refractivity contribution in [3.05, 3.63) is 70.2 Å². The van der Waals surface area contributed by atoms with Gasteiger partial charge in [-0.1, -0.05) is 61.5 Å². The molecule has 0 saturated carbocycles. The molecule has 2 heterocycles. The molecule has 2 amide bonds. The van der Waals surface area contributed by atoms with E-state index < -0.39 is 0 Å². The predicted octanol–water partition coefficient (Wildman–Crippen LogP) is 5.09. The first-order valence-electron chi connectivity index (χ1n) is 12.3. The van der Waals surface area contributed by atoms with E-state index >= 15 is 0 Å². The summed E-state index contributed by atoms with van der Waals surface area (Å²) in [6, 6.07) is 15.3. The van der Waals surface area contributed by atoms with Crippen molar-refractivity contribution in [2.75, 3.05) is 39.3 Å². The van der Waals surface area contributed by atoms with Gasteiger partial charge in [-0.2, -0.15) is 0 Å². The highest BCUT2D eigenvalue weighted by Gasteiger charge is 2.34. The van der Waals surface area contributed by atoms with Crippen molar-refractivity contribution in [3.8, 4) is 0 Å². The van der Waals surface area contributed by atoms with Crippen LogP contribution in [0.3, 0.4) is 0 Å². The van der Waals surface area contributed by atoms with Crippen molar-refractivity contribution in [1.82, 2.24) is 14.7 Å². The number of nitrogens with zero attached hydrogens (tertiary/aromatic N) is 3. The molecule has 0 radical (unpaired) electrons. The number of halogens is 1. The maximum Gasteiger partial charge on any atom is 0.261 e. The fraction of sp³-hybridized carbons (Fsp3) is 0.481. The summed E-state index contributed by atoms with van der Waals surface area (Å²) < 4.78 is 0. The Kier molecular flexibility index (Phi) is 8.54. The number of carbonyl (C=O) groups is 2. The topological polar surface area (TPSA) is 43.9 Å². The van der Waals surface area contributed by atoms with Gasteiger partial charge >= 0.3 is 0 Å². The molecule has 0 unspecified atom stereocenters. The van der Waals surface area contributed by atoms with E-state index in [9.17, 15) is 9.59 Å². The molecule has 5 nitrogen and oxygen atoms in total. The lowest BCUT2D eigenvalue weighted by Gasteiger charge is -2.34. The van der Waals surface area contributed by atoms with Crippen LogP contribution in [0.25, 0.3) is 0 Å². The zero-order chi connectivity index (χ0) is 23.0.